The second-order valence-corrected chi connectivity index (χ2v) is 6.22. The zero-order chi connectivity index (χ0) is 18.5. The number of aromatic nitrogens is 2. The average Bonchev–Trinajstić information content (AvgIpc) is 2.75. The second-order valence-electron chi connectivity index (χ2n) is 6.22. The number of hydrogen-bond acceptors (Lipinski definition) is 5. The fourth-order valence-corrected chi connectivity index (χ4v) is 2.93. The number of nitrogens with zero attached hydrogens (tertiary/aromatic N) is 3. The van der Waals surface area contributed by atoms with Gasteiger partial charge in [-0.15, -0.1) is 0 Å². The van der Waals surface area contributed by atoms with Crippen molar-refractivity contribution in [3.05, 3.63) is 72.4 Å². The van der Waals surface area contributed by atoms with Gasteiger partial charge in [0, 0.05) is 30.4 Å². The van der Waals surface area contributed by atoms with E-state index in [-0.39, 0.29) is 5.91 Å². The van der Waals surface area contributed by atoms with Crippen LogP contribution in [0, 0.1) is 0 Å². The van der Waals surface area contributed by atoms with Crippen LogP contribution >= 0.6 is 0 Å². The molecule has 3 aromatic rings. The van der Waals surface area contributed by atoms with Crippen molar-refractivity contribution in [3.63, 3.8) is 0 Å². The summed E-state index contributed by atoms with van der Waals surface area (Å²) < 4.78 is 5.34. The SMILES string of the molecule is O=C(c1cc(Nc2ccccc2)nc(-c2ccccc2)n1)N1CCOCC1. The molecule has 1 fully saturated rings. The maximum atomic E-state index is 12.9. The first-order valence-corrected chi connectivity index (χ1v) is 8.93. The fourth-order valence-electron chi connectivity index (χ4n) is 2.93. The van der Waals surface area contributed by atoms with Gasteiger partial charge in [0.25, 0.3) is 5.91 Å². The molecule has 1 aliphatic heterocycles. The molecule has 2 aromatic carbocycles. The molecule has 1 N–H and O–H groups in total. The molecule has 1 aromatic heterocycles. The highest BCUT2D eigenvalue weighted by Crippen LogP contribution is 2.21. The summed E-state index contributed by atoms with van der Waals surface area (Å²) in [6, 6.07) is 21.1. The third-order valence-corrected chi connectivity index (χ3v) is 4.32. The van der Waals surface area contributed by atoms with Gasteiger partial charge in [-0.25, -0.2) is 9.97 Å². The molecule has 4 rings (SSSR count). The maximum absolute atomic E-state index is 12.9. The quantitative estimate of drug-likeness (QED) is 0.773. The number of ether oxygens (including phenoxy) is 1. The Balaban J connectivity index is 1.71. The zero-order valence-corrected chi connectivity index (χ0v) is 14.8. The van der Waals surface area contributed by atoms with Crippen molar-refractivity contribution in [2.45, 2.75) is 0 Å². The molecule has 0 unspecified atom stereocenters. The molecule has 0 aliphatic carbocycles. The molecular formula is C21H20N4O2. The van der Waals surface area contributed by atoms with Gasteiger partial charge in [0.2, 0.25) is 0 Å². The topological polar surface area (TPSA) is 67.4 Å². The Morgan fingerprint density at radius 3 is 2.30 bits per heavy atom. The Morgan fingerprint density at radius 1 is 0.926 bits per heavy atom. The summed E-state index contributed by atoms with van der Waals surface area (Å²) in [5.74, 6) is 1.01. The third-order valence-electron chi connectivity index (χ3n) is 4.32. The standard InChI is InChI=1S/C21H20N4O2/c26-21(25-11-13-27-14-12-25)18-15-19(22-17-9-5-2-6-10-17)24-20(23-18)16-7-3-1-4-8-16/h1-10,15H,11-14H2,(H,22,23,24). The number of morpholine rings is 1. The number of amides is 1. The molecular weight excluding hydrogens is 340 g/mol. The minimum Gasteiger partial charge on any atom is -0.378 e. The van der Waals surface area contributed by atoms with E-state index in [2.05, 4.69) is 15.3 Å². The van der Waals surface area contributed by atoms with Crippen molar-refractivity contribution < 1.29 is 9.53 Å². The summed E-state index contributed by atoms with van der Waals surface area (Å²) in [5, 5.41) is 3.27. The number of para-hydroxylation sites is 1. The van der Waals surface area contributed by atoms with Crippen LogP contribution in [0.4, 0.5) is 11.5 Å². The van der Waals surface area contributed by atoms with Gasteiger partial charge < -0.3 is 15.0 Å². The summed E-state index contributed by atoms with van der Waals surface area (Å²) >= 11 is 0. The van der Waals surface area contributed by atoms with Crippen LogP contribution < -0.4 is 5.32 Å². The number of rotatable bonds is 4. The van der Waals surface area contributed by atoms with Gasteiger partial charge in [0.15, 0.2) is 5.82 Å². The molecule has 6 heteroatoms. The molecule has 0 saturated carbocycles. The van der Waals surface area contributed by atoms with Crippen LogP contribution in [0.5, 0.6) is 0 Å². The molecule has 0 radical (unpaired) electrons. The van der Waals surface area contributed by atoms with Crippen molar-refractivity contribution in [1.82, 2.24) is 14.9 Å². The minimum atomic E-state index is -0.103. The molecule has 1 amide bonds. The Bertz CT molecular complexity index is 910. The fraction of sp³-hybridized carbons (Fsp3) is 0.190. The number of benzene rings is 2. The van der Waals surface area contributed by atoms with E-state index in [1.165, 1.54) is 0 Å². The highest BCUT2D eigenvalue weighted by atomic mass is 16.5. The monoisotopic (exact) mass is 360 g/mol. The van der Waals surface area contributed by atoms with Crippen LogP contribution in [-0.4, -0.2) is 47.1 Å². The molecule has 1 aliphatic rings. The Labute approximate surface area is 157 Å². The van der Waals surface area contributed by atoms with Gasteiger partial charge in [0.1, 0.15) is 11.5 Å². The van der Waals surface area contributed by atoms with Crippen molar-refractivity contribution in [2.75, 3.05) is 31.6 Å². The summed E-state index contributed by atoms with van der Waals surface area (Å²) in [4.78, 5) is 23.9. The van der Waals surface area contributed by atoms with Crippen LogP contribution in [0.25, 0.3) is 11.4 Å². The number of nitrogens with one attached hydrogen (secondary N) is 1. The lowest BCUT2D eigenvalue weighted by atomic mass is 10.2. The molecule has 0 spiro atoms. The van der Waals surface area contributed by atoms with Crippen LogP contribution in [0.2, 0.25) is 0 Å². The third kappa shape index (κ3) is 4.12. The van der Waals surface area contributed by atoms with E-state index in [0.29, 0.717) is 43.6 Å². The van der Waals surface area contributed by atoms with Gasteiger partial charge in [-0.05, 0) is 12.1 Å². The predicted octanol–water partition coefficient (Wildman–Crippen LogP) is 3.36. The van der Waals surface area contributed by atoms with Crippen molar-refractivity contribution in [3.8, 4) is 11.4 Å². The number of carbonyl (C=O) groups is 1. The largest absolute Gasteiger partial charge is 0.378 e. The molecule has 136 valence electrons. The van der Waals surface area contributed by atoms with E-state index in [1.807, 2.05) is 60.7 Å². The first-order chi connectivity index (χ1) is 13.3. The average molecular weight is 360 g/mol. The summed E-state index contributed by atoms with van der Waals surface area (Å²) in [6.07, 6.45) is 0. The Kier molecular flexibility index (Phi) is 5.07. The van der Waals surface area contributed by atoms with Gasteiger partial charge in [-0.3, -0.25) is 4.79 Å². The number of carbonyl (C=O) groups excluding carboxylic acids is 1. The predicted molar refractivity (Wildman–Crippen MR) is 104 cm³/mol. The molecule has 2 heterocycles. The van der Waals surface area contributed by atoms with Gasteiger partial charge in [0.05, 0.1) is 13.2 Å². The summed E-state index contributed by atoms with van der Waals surface area (Å²) in [6.45, 7) is 2.25. The van der Waals surface area contributed by atoms with Crippen molar-refractivity contribution in [2.24, 2.45) is 0 Å². The Morgan fingerprint density at radius 2 is 1.59 bits per heavy atom. The van der Waals surface area contributed by atoms with E-state index < -0.39 is 0 Å². The number of anilines is 2. The van der Waals surface area contributed by atoms with Gasteiger partial charge in [-0.2, -0.15) is 0 Å². The summed E-state index contributed by atoms with van der Waals surface area (Å²) in [7, 11) is 0. The lowest BCUT2D eigenvalue weighted by Gasteiger charge is -2.26. The first kappa shape index (κ1) is 17.2. The van der Waals surface area contributed by atoms with Crippen LogP contribution in [0.15, 0.2) is 66.7 Å². The van der Waals surface area contributed by atoms with E-state index in [9.17, 15) is 4.79 Å². The molecule has 0 bridgehead atoms. The highest BCUT2D eigenvalue weighted by Gasteiger charge is 2.21. The smallest absolute Gasteiger partial charge is 0.272 e. The summed E-state index contributed by atoms with van der Waals surface area (Å²) in [5.41, 5.74) is 2.15. The first-order valence-electron chi connectivity index (χ1n) is 8.93. The van der Waals surface area contributed by atoms with Crippen LogP contribution in [0.3, 0.4) is 0 Å². The van der Waals surface area contributed by atoms with Gasteiger partial charge in [-0.1, -0.05) is 48.5 Å². The van der Waals surface area contributed by atoms with E-state index >= 15 is 0 Å². The van der Waals surface area contributed by atoms with Gasteiger partial charge >= 0.3 is 0 Å². The molecule has 27 heavy (non-hydrogen) atoms. The molecule has 1 saturated heterocycles. The lowest BCUT2D eigenvalue weighted by Crippen LogP contribution is -2.41. The van der Waals surface area contributed by atoms with Crippen molar-refractivity contribution in [1.29, 1.82) is 0 Å². The Hall–Kier alpha value is -3.25. The zero-order valence-electron chi connectivity index (χ0n) is 14.8. The van der Waals surface area contributed by atoms with E-state index in [1.54, 1.807) is 11.0 Å². The van der Waals surface area contributed by atoms with E-state index in [0.717, 1.165) is 11.3 Å². The maximum Gasteiger partial charge on any atom is 0.272 e. The van der Waals surface area contributed by atoms with Crippen LogP contribution in [-0.2, 0) is 4.74 Å². The number of hydrogen-bond donors (Lipinski definition) is 1. The normalized spacial score (nSPS) is 14.0. The highest BCUT2D eigenvalue weighted by molar-refractivity contribution is 5.93. The van der Waals surface area contributed by atoms with Crippen molar-refractivity contribution >= 4 is 17.4 Å². The second kappa shape index (κ2) is 7.97. The van der Waals surface area contributed by atoms with E-state index in [4.69, 9.17) is 4.74 Å². The lowest BCUT2D eigenvalue weighted by molar-refractivity contribution is 0.0299. The minimum absolute atomic E-state index is 0.103. The molecule has 0 atom stereocenters. The molecule has 6 nitrogen and oxygen atoms in total. The van der Waals surface area contributed by atoms with Crippen LogP contribution in [0.1, 0.15) is 10.5 Å².